The molecule has 0 radical (unpaired) electrons. The fourth-order valence-corrected chi connectivity index (χ4v) is 3.86. The summed E-state index contributed by atoms with van der Waals surface area (Å²) in [7, 11) is -3.55. The van der Waals surface area contributed by atoms with E-state index in [4.69, 9.17) is 0 Å². The van der Waals surface area contributed by atoms with Crippen LogP contribution in [0.1, 0.15) is 27.7 Å². The highest BCUT2D eigenvalue weighted by Crippen LogP contribution is 2.67. The lowest BCUT2D eigenvalue weighted by Gasteiger charge is -2.08. The molecule has 4 nitrogen and oxygen atoms in total. The molecule has 0 aromatic heterocycles. The molecule has 2 N–H and O–H groups in total. The molecule has 5 heteroatoms. The Bertz CT molecular complexity index is 576. The minimum Gasteiger partial charge on any atom is -0.508 e. The number of phenols is 1. The summed E-state index contributed by atoms with van der Waals surface area (Å²) >= 11 is 0. The van der Waals surface area contributed by atoms with Crippen LogP contribution in [0.4, 0.5) is 0 Å². The lowest BCUT2D eigenvalue weighted by Crippen LogP contribution is -2.27. The van der Waals surface area contributed by atoms with Crippen molar-refractivity contribution in [3.63, 3.8) is 0 Å². The van der Waals surface area contributed by atoms with E-state index in [1.807, 2.05) is 0 Å². The number of phenolic OH excluding ortho intramolecular Hbond substituents is 1. The summed E-state index contributed by atoms with van der Waals surface area (Å²) in [5, 5.41) is 9.34. The average molecular weight is 283 g/mol. The SMILES string of the molecule is CC1(C)C(CNS(=O)(=O)c2cccc(O)c2)C1(C)C. The van der Waals surface area contributed by atoms with Gasteiger partial charge in [0, 0.05) is 6.54 Å². The maximum Gasteiger partial charge on any atom is 0.240 e. The Balaban J connectivity index is 2.08. The molecule has 0 spiro atoms. The van der Waals surface area contributed by atoms with Gasteiger partial charge in [-0.25, -0.2) is 13.1 Å². The van der Waals surface area contributed by atoms with E-state index in [-0.39, 0.29) is 21.5 Å². The molecule has 19 heavy (non-hydrogen) atoms. The highest BCUT2D eigenvalue weighted by atomic mass is 32.2. The van der Waals surface area contributed by atoms with Crippen LogP contribution < -0.4 is 4.72 Å². The molecule has 106 valence electrons. The zero-order valence-electron chi connectivity index (χ0n) is 11.8. The third-order valence-corrected chi connectivity index (χ3v) is 6.35. The van der Waals surface area contributed by atoms with Crippen molar-refractivity contribution in [2.45, 2.75) is 32.6 Å². The second kappa shape index (κ2) is 4.21. The Labute approximate surface area is 114 Å². The van der Waals surface area contributed by atoms with Crippen LogP contribution in [0.2, 0.25) is 0 Å². The van der Waals surface area contributed by atoms with E-state index in [0.29, 0.717) is 12.5 Å². The van der Waals surface area contributed by atoms with Crippen molar-refractivity contribution in [1.82, 2.24) is 4.72 Å². The Kier molecular flexibility index (Phi) is 3.18. The molecular formula is C14H21NO3S. The predicted octanol–water partition coefficient (Wildman–Crippen LogP) is 2.35. The quantitative estimate of drug-likeness (QED) is 0.891. The predicted molar refractivity (Wildman–Crippen MR) is 74.3 cm³/mol. The van der Waals surface area contributed by atoms with Gasteiger partial charge in [-0.05, 0) is 34.9 Å². The summed E-state index contributed by atoms with van der Waals surface area (Å²) in [4.78, 5) is 0.101. The Morgan fingerprint density at radius 1 is 1.21 bits per heavy atom. The van der Waals surface area contributed by atoms with E-state index >= 15 is 0 Å². The minimum atomic E-state index is -3.55. The summed E-state index contributed by atoms with van der Waals surface area (Å²) < 4.78 is 26.9. The summed E-state index contributed by atoms with van der Waals surface area (Å²) in [5.41, 5.74) is 0.294. The maximum absolute atomic E-state index is 12.1. The molecule has 0 saturated heterocycles. The Morgan fingerprint density at radius 2 is 1.79 bits per heavy atom. The van der Waals surface area contributed by atoms with Gasteiger partial charge >= 0.3 is 0 Å². The van der Waals surface area contributed by atoms with E-state index in [0.717, 1.165) is 0 Å². The Hall–Kier alpha value is -1.07. The van der Waals surface area contributed by atoms with Gasteiger partial charge in [-0.2, -0.15) is 0 Å². The first-order valence-electron chi connectivity index (χ1n) is 6.38. The van der Waals surface area contributed by atoms with Crippen LogP contribution in [0.15, 0.2) is 29.2 Å². The van der Waals surface area contributed by atoms with E-state index in [1.165, 1.54) is 24.3 Å². The average Bonchev–Trinajstić information content (AvgIpc) is 2.67. The van der Waals surface area contributed by atoms with Crippen LogP contribution in [0.5, 0.6) is 5.75 Å². The molecule has 1 aliphatic rings. The molecule has 0 heterocycles. The molecule has 0 atom stereocenters. The molecule has 0 unspecified atom stereocenters. The zero-order chi connectivity index (χ0) is 14.5. The van der Waals surface area contributed by atoms with Crippen molar-refractivity contribution in [3.05, 3.63) is 24.3 Å². The van der Waals surface area contributed by atoms with Crippen molar-refractivity contribution < 1.29 is 13.5 Å². The summed E-state index contributed by atoms with van der Waals surface area (Å²) in [6.07, 6.45) is 0. The molecule has 2 rings (SSSR count). The Morgan fingerprint density at radius 3 is 2.26 bits per heavy atom. The van der Waals surface area contributed by atoms with Gasteiger partial charge in [-0.1, -0.05) is 33.8 Å². The minimum absolute atomic E-state index is 0.0463. The van der Waals surface area contributed by atoms with Gasteiger partial charge in [0.15, 0.2) is 0 Å². The standard InChI is InChI=1S/C14H21NO3S/c1-13(2)12(14(13,3)4)9-15-19(17,18)11-7-5-6-10(16)8-11/h5-8,12,15-16H,9H2,1-4H3. The number of hydrogen-bond acceptors (Lipinski definition) is 3. The fourth-order valence-electron chi connectivity index (χ4n) is 2.77. The molecule has 1 saturated carbocycles. The van der Waals surface area contributed by atoms with Crippen molar-refractivity contribution in [1.29, 1.82) is 0 Å². The van der Waals surface area contributed by atoms with Gasteiger partial charge in [-0.15, -0.1) is 0 Å². The first kappa shape index (κ1) is 14.3. The normalized spacial score (nSPS) is 21.3. The summed E-state index contributed by atoms with van der Waals surface area (Å²) in [5.74, 6) is 0.280. The van der Waals surface area contributed by atoms with Crippen LogP contribution in [-0.2, 0) is 10.0 Å². The van der Waals surface area contributed by atoms with Gasteiger partial charge in [0.2, 0.25) is 10.0 Å². The second-order valence-electron chi connectivity index (χ2n) is 6.35. The molecule has 1 aliphatic carbocycles. The van der Waals surface area contributed by atoms with Crippen LogP contribution in [0, 0.1) is 16.7 Å². The smallest absolute Gasteiger partial charge is 0.240 e. The fraction of sp³-hybridized carbons (Fsp3) is 0.571. The number of aromatic hydroxyl groups is 1. The number of sulfonamides is 1. The molecule has 1 aromatic carbocycles. The highest BCUT2D eigenvalue weighted by molar-refractivity contribution is 7.89. The van der Waals surface area contributed by atoms with Crippen molar-refractivity contribution in [2.75, 3.05) is 6.54 Å². The number of hydrogen-bond donors (Lipinski definition) is 2. The number of nitrogens with one attached hydrogen (secondary N) is 1. The lowest BCUT2D eigenvalue weighted by molar-refractivity contribution is 0.457. The summed E-state index contributed by atoms with van der Waals surface area (Å²) in [6.45, 7) is 9.04. The van der Waals surface area contributed by atoms with Gasteiger partial charge in [0.1, 0.15) is 5.75 Å². The summed E-state index contributed by atoms with van der Waals surface area (Å²) in [6, 6.07) is 5.71. The monoisotopic (exact) mass is 283 g/mol. The largest absolute Gasteiger partial charge is 0.508 e. The van der Waals surface area contributed by atoms with Crippen molar-refractivity contribution >= 4 is 10.0 Å². The van der Waals surface area contributed by atoms with E-state index < -0.39 is 10.0 Å². The first-order valence-corrected chi connectivity index (χ1v) is 7.86. The van der Waals surface area contributed by atoms with E-state index in [2.05, 4.69) is 32.4 Å². The third kappa shape index (κ3) is 2.37. The van der Waals surface area contributed by atoms with Gasteiger partial charge < -0.3 is 5.11 Å². The molecule has 1 fully saturated rings. The maximum atomic E-state index is 12.1. The van der Waals surface area contributed by atoms with Crippen LogP contribution in [-0.4, -0.2) is 20.1 Å². The molecule has 0 bridgehead atoms. The zero-order valence-corrected chi connectivity index (χ0v) is 12.6. The lowest BCUT2D eigenvalue weighted by atomic mass is 10.0. The highest BCUT2D eigenvalue weighted by Gasteiger charge is 2.64. The van der Waals surface area contributed by atoms with E-state index in [1.54, 1.807) is 0 Å². The third-order valence-electron chi connectivity index (χ3n) is 4.93. The van der Waals surface area contributed by atoms with Gasteiger partial charge in [0.05, 0.1) is 4.90 Å². The van der Waals surface area contributed by atoms with Crippen molar-refractivity contribution in [2.24, 2.45) is 16.7 Å². The molecule has 0 amide bonds. The van der Waals surface area contributed by atoms with E-state index in [9.17, 15) is 13.5 Å². The first-order chi connectivity index (χ1) is 8.59. The van der Waals surface area contributed by atoms with Crippen LogP contribution in [0.3, 0.4) is 0 Å². The van der Waals surface area contributed by atoms with Crippen LogP contribution in [0.25, 0.3) is 0 Å². The van der Waals surface area contributed by atoms with Crippen LogP contribution >= 0.6 is 0 Å². The molecule has 1 aromatic rings. The molecule has 0 aliphatic heterocycles. The second-order valence-corrected chi connectivity index (χ2v) is 8.11. The number of rotatable bonds is 4. The topological polar surface area (TPSA) is 66.4 Å². The van der Waals surface area contributed by atoms with Crippen molar-refractivity contribution in [3.8, 4) is 5.75 Å². The number of benzene rings is 1. The van der Waals surface area contributed by atoms with Gasteiger partial charge in [0.25, 0.3) is 0 Å². The van der Waals surface area contributed by atoms with Gasteiger partial charge in [-0.3, -0.25) is 0 Å². The molecular weight excluding hydrogens is 262 g/mol.